The fraction of sp³-hybridized carbons (Fsp3) is 0.417. The van der Waals surface area contributed by atoms with Crippen LogP contribution in [-0.2, 0) is 10.8 Å². The summed E-state index contributed by atoms with van der Waals surface area (Å²) in [4.78, 5) is 13.9. The van der Waals surface area contributed by atoms with Crippen molar-refractivity contribution in [1.82, 2.24) is 4.90 Å². The van der Waals surface area contributed by atoms with Crippen molar-refractivity contribution < 1.29 is 9.00 Å². The second-order valence-corrected chi connectivity index (χ2v) is 5.65. The molecule has 1 aliphatic rings. The van der Waals surface area contributed by atoms with Crippen molar-refractivity contribution in [2.24, 2.45) is 0 Å². The number of hydrogen-bond donors (Lipinski definition) is 0. The second kappa shape index (κ2) is 4.78. The summed E-state index contributed by atoms with van der Waals surface area (Å²) in [5.74, 6) is 1.28. The van der Waals surface area contributed by atoms with Crippen molar-refractivity contribution in [3.63, 3.8) is 0 Å². The first-order valence-electron chi connectivity index (χ1n) is 5.38. The molecule has 1 amide bonds. The van der Waals surface area contributed by atoms with Gasteiger partial charge in [0.2, 0.25) is 0 Å². The maximum atomic E-state index is 12.2. The first-order valence-corrected chi connectivity index (χ1v) is 6.87. The largest absolute Gasteiger partial charge is 0.337 e. The van der Waals surface area contributed by atoms with Gasteiger partial charge in [-0.3, -0.25) is 9.00 Å². The van der Waals surface area contributed by atoms with Gasteiger partial charge in [0, 0.05) is 41.0 Å². The zero-order chi connectivity index (χ0) is 11.5. The highest BCUT2D eigenvalue weighted by molar-refractivity contribution is 7.85. The number of amides is 1. The normalized spacial score (nSPS) is 17.4. The Morgan fingerprint density at radius 2 is 1.88 bits per heavy atom. The van der Waals surface area contributed by atoms with Gasteiger partial charge in [0.1, 0.15) is 0 Å². The van der Waals surface area contributed by atoms with Gasteiger partial charge >= 0.3 is 0 Å². The zero-order valence-electron chi connectivity index (χ0n) is 9.31. The molecule has 0 aliphatic carbocycles. The topological polar surface area (TPSA) is 37.4 Å². The number of hydrogen-bond acceptors (Lipinski definition) is 2. The summed E-state index contributed by atoms with van der Waals surface area (Å²) in [6, 6.07) is 7.60. The van der Waals surface area contributed by atoms with E-state index in [0.717, 1.165) is 11.1 Å². The second-order valence-electron chi connectivity index (χ2n) is 3.96. The molecule has 1 aromatic rings. The summed E-state index contributed by atoms with van der Waals surface area (Å²) >= 11 is 0. The molecule has 0 atom stereocenters. The number of nitrogens with zero attached hydrogens (tertiary/aromatic N) is 1. The van der Waals surface area contributed by atoms with E-state index in [-0.39, 0.29) is 5.91 Å². The maximum Gasteiger partial charge on any atom is 0.254 e. The molecule has 0 saturated carbocycles. The Bertz CT molecular complexity index is 421. The van der Waals surface area contributed by atoms with Crippen molar-refractivity contribution in [1.29, 1.82) is 0 Å². The Hall–Kier alpha value is -1.16. The molecule has 0 radical (unpaired) electrons. The summed E-state index contributed by atoms with van der Waals surface area (Å²) in [5, 5.41) is 0. The molecule has 3 nitrogen and oxygen atoms in total. The third-order valence-corrected chi connectivity index (χ3v) is 4.12. The SMILES string of the molecule is Cc1ccccc1C(=O)N1CCS(=O)CC1. The number of carbonyl (C=O) groups is 1. The Kier molecular flexibility index (Phi) is 3.39. The standard InChI is InChI=1S/C12H15NO2S/c1-10-4-2-3-5-11(10)12(14)13-6-8-16(15)9-7-13/h2-5H,6-9H2,1H3. The van der Waals surface area contributed by atoms with Gasteiger partial charge in [-0.2, -0.15) is 0 Å². The van der Waals surface area contributed by atoms with Crippen LogP contribution in [0.25, 0.3) is 0 Å². The van der Waals surface area contributed by atoms with Crippen LogP contribution in [0.1, 0.15) is 15.9 Å². The van der Waals surface area contributed by atoms with Gasteiger partial charge in [0.05, 0.1) is 0 Å². The summed E-state index contributed by atoms with van der Waals surface area (Å²) in [5.41, 5.74) is 1.76. The van der Waals surface area contributed by atoms with E-state index in [1.807, 2.05) is 31.2 Å². The molecule has 0 aromatic heterocycles. The van der Waals surface area contributed by atoms with Gasteiger partial charge in [-0.05, 0) is 18.6 Å². The maximum absolute atomic E-state index is 12.2. The lowest BCUT2D eigenvalue weighted by atomic mass is 10.1. The number of rotatable bonds is 1. The minimum Gasteiger partial charge on any atom is -0.337 e. The number of carbonyl (C=O) groups excluding carboxylic acids is 1. The van der Waals surface area contributed by atoms with E-state index in [2.05, 4.69) is 0 Å². The predicted molar refractivity (Wildman–Crippen MR) is 65.0 cm³/mol. The van der Waals surface area contributed by atoms with Crippen LogP contribution in [0, 0.1) is 6.92 Å². The van der Waals surface area contributed by atoms with Crippen LogP contribution in [0.4, 0.5) is 0 Å². The first kappa shape index (κ1) is 11.3. The fourth-order valence-electron chi connectivity index (χ4n) is 1.82. The Morgan fingerprint density at radius 3 is 2.50 bits per heavy atom. The minimum atomic E-state index is -0.733. The van der Waals surface area contributed by atoms with Crippen LogP contribution in [0.3, 0.4) is 0 Å². The molecule has 4 heteroatoms. The van der Waals surface area contributed by atoms with Crippen molar-refractivity contribution in [3.8, 4) is 0 Å². The van der Waals surface area contributed by atoms with E-state index in [1.165, 1.54) is 0 Å². The monoisotopic (exact) mass is 237 g/mol. The quantitative estimate of drug-likeness (QED) is 0.736. The molecular formula is C12H15NO2S. The minimum absolute atomic E-state index is 0.0646. The van der Waals surface area contributed by atoms with Crippen molar-refractivity contribution in [2.75, 3.05) is 24.6 Å². The summed E-state index contributed by atoms with van der Waals surface area (Å²) in [6.07, 6.45) is 0. The van der Waals surface area contributed by atoms with E-state index in [4.69, 9.17) is 0 Å². The van der Waals surface area contributed by atoms with Crippen molar-refractivity contribution in [3.05, 3.63) is 35.4 Å². The smallest absolute Gasteiger partial charge is 0.254 e. The van der Waals surface area contributed by atoms with Crippen LogP contribution in [-0.4, -0.2) is 39.6 Å². The van der Waals surface area contributed by atoms with E-state index in [9.17, 15) is 9.00 Å². The Morgan fingerprint density at radius 1 is 1.25 bits per heavy atom. The van der Waals surface area contributed by atoms with Gasteiger partial charge in [-0.1, -0.05) is 18.2 Å². The highest BCUT2D eigenvalue weighted by Gasteiger charge is 2.21. The molecule has 1 aliphatic heterocycles. The lowest BCUT2D eigenvalue weighted by Gasteiger charge is -2.26. The third-order valence-electron chi connectivity index (χ3n) is 2.84. The van der Waals surface area contributed by atoms with E-state index < -0.39 is 10.8 Å². The molecule has 1 heterocycles. The molecule has 1 aromatic carbocycles. The lowest BCUT2D eigenvalue weighted by Crippen LogP contribution is -2.42. The molecule has 86 valence electrons. The van der Waals surface area contributed by atoms with Crippen LogP contribution in [0.2, 0.25) is 0 Å². The molecule has 0 bridgehead atoms. The highest BCUT2D eigenvalue weighted by atomic mass is 32.2. The molecule has 0 unspecified atom stereocenters. The van der Waals surface area contributed by atoms with Crippen LogP contribution >= 0.6 is 0 Å². The Labute approximate surface area is 97.9 Å². The van der Waals surface area contributed by atoms with E-state index in [1.54, 1.807) is 4.90 Å². The van der Waals surface area contributed by atoms with Crippen molar-refractivity contribution in [2.45, 2.75) is 6.92 Å². The van der Waals surface area contributed by atoms with Crippen LogP contribution in [0.15, 0.2) is 24.3 Å². The summed E-state index contributed by atoms with van der Waals surface area (Å²) in [6.45, 7) is 3.16. The number of benzene rings is 1. The van der Waals surface area contributed by atoms with E-state index in [0.29, 0.717) is 24.6 Å². The molecule has 16 heavy (non-hydrogen) atoms. The van der Waals surface area contributed by atoms with Gasteiger partial charge < -0.3 is 4.90 Å². The summed E-state index contributed by atoms with van der Waals surface area (Å²) in [7, 11) is -0.733. The van der Waals surface area contributed by atoms with Gasteiger partial charge in [0.15, 0.2) is 0 Å². The Balaban J connectivity index is 2.14. The highest BCUT2D eigenvalue weighted by Crippen LogP contribution is 2.12. The van der Waals surface area contributed by atoms with Gasteiger partial charge in [-0.25, -0.2) is 0 Å². The lowest BCUT2D eigenvalue weighted by molar-refractivity contribution is 0.0770. The molecule has 1 fully saturated rings. The average Bonchev–Trinajstić information content (AvgIpc) is 2.30. The van der Waals surface area contributed by atoms with Crippen LogP contribution < -0.4 is 0 Å². The summed E-state index contributed by atoms with van der Waals surface area (Å²) < 4.78 is 11.2. The van der Waals surface area contributed by atoms with Gasteiger partial charge in [0.25, 0.3) is 5.91 Å². The number of aryl methyl sites for hydroxylation is 1. The molecule has 0 spiro atoms. The molecule has 1 saturated heterocycles. The van der Waals surface area contributed by atoms with E-state index >= 15 is 0 Å². The van der Waals surface area contributed by atoms with Gasteiger partial charge in [-0.15, -0.1) is 0 Å². The fourth-order valence-corrected chi connectivity index (χ4v) is 2.88. The molecular weight excluding hydrogens is 222 g/mol. The molecule has 2 rings (SSSR count). The average molecular weight is 237 g/mol. The zero-order valence-corrected chi connectivity index (χ0v) is 10.1. The predicted octanol–water partition coefficient (Wildman–Crippen LogP) is 1.20. The van der Waals surface area contributed by atoms with Crippen LogP contribution in [0.5, 0.6) is 0 Å². The molecule has 0 N–H and O–H groups in total. The van der Waals surface area contributed by atoms with Crippen molar-refractivity contribution >= 4 is 16.7 Å². The third kappa shape index (κ3) is 2.32. The first-order chi connectivity index (χ1) is 7.68.